The highest BCUT2D eigenvalue weighted by molar-refractivity contribution is 6.01. The Hall–Kier alpha value is -2.78. The van der Waals surface area contributed by atoms with Crippen molar-refractivity contribution >= 4 is 11.6 Å². The molecule has 0 radical (unpaired) electrons. The lowest BCUT2D eigenvalue weighted by molar-refractivity contribution is -0.152. The largest absolute Gasteiger partial charge is 0.491 e. The molecule has 1 aromatic rings. The molecule has 8 heteroatoms. The molecule has 4 atom stereocenters. The minimum Gasteiger partial charge on any atom is -0.491 e. The Bertz CT molecular complexity index is 1030. The summed E-state index contributed by atoms with van der Waals surface area (Å²) >= 11 is 0. The quantitative estimate of drug-likeness (QED) is 0.438. The van der Waals surface area contributed by atoms with Crippen molar-refractivity contribution in [2.75, 3.05) is 46.6 Å². The van der Waals surface area contributed by atoms with Crippen LogP contribution in [0.2, 0.25) is 0 Å². The zero-order valence-electron chi connectivity index (χ0n) is 21.5. The Labute approximate surface area is 219 Å². The van der Waals surface area contributed by atoms with Crippen LogP contribution < -0.4 is 10.1 Å². The molecule has 0 aromatic heterocycles. The molecule has 1 aromatic carbocycles. The zero-order valence-corrected chi connectivity index (χ0v) is 21.5. The van der Waals surface area contributed by atoms with Gasteiger partial charge in [-0.15, -0.1) is 0 Å². The summed E-state index contributed by atoms with van der Waals surface area (Å²) in [5, 5.41) is 3.36. The standard InChI is InChI=1S/C29H37N3O5/c1-34-14-7-15-35-27-16-21(31-26-11-6-5-10-25(26)27)19-32(22-12-13-22)29(33)28-18-30-17-24(37-28)20-36-23-8-3-2-4-9-23/h2-6,8-11,16,22,24-25,27-28,30H,7,12-15,17-20H2,1H3/t24?,25?,27?,28-/m1/s1. The fourth-order valence-corrected chi connectivity index (χ4v) is 4.88. The van der Waals surface area contributed by atoms with Crippen LogP contribution in [0, 0.1) is 5.92 Å². The fourth-order valence-electron chi connectivity index (χ4n) is 4.88. The zero-order chi connectivity index (χ0) is 25.5. The number of benzene rings is 1. The minimum absolute atomic E-state index is 0.0132. The Balaban J connectivity index is 1.22. The van der Waals surface area contributed by atoms with Crippen LogP contribution >= 0.6 is 0 Å². The van der Waals surface area contributed by atoms with E-state index >= 15 is 0 Å². The number of amides is 1. The molecule has 2 heterocycles. The number of carbonyl (C=O) groups excluding carboxylic acids is 1. The van der Waals surface area contributed by atoms with Gasteiger partial charge in [0.05, 0.1) is 24.1 Å². The molecule has 0 bridgehead atoms. The first-order chi connectivity index (χ1) is 18.2. The van der Waals surface area contributed by atoms with Crippen molar-refractivity contribution < 1.29 is 23.7 Å². The molecule has 1 saturated carbocycles. The van der Waals surface area contributed by atoms with Gasteiger partial charge >= 0.3 is 0 Å². The van der Waals surface area contributed by atoms with Crippen molar-refractivity contribution in [1.29, 1.82) is 0 Å². The minimum atomic E-state index is -0.540. The third-order valence-electron chi connectivity index (χ3n) is 6.94. The first kappa shape index (κ1) is 25.9. The second-order valence-corrected chi connectivity index (χ2v) is 9.87. The molecule has 198 valence electrons. The van der Waals surface area contributed by atoms with E-state index in [1.54, 1.807) is 7.11 Å². The van der Waals surface area contributed by atoms with Crippen LogP contribution in [0.1, 0.15) is 19.3 Å². The van der Waals surface area contributed by atoms with E-state index in [0.29, 0.717) is 39.5 Å². The molecule has 1 N–H and O–H groups in total. The topological polar surface area (TPSA) is 81.6 Å². The molecule has 2 aliphatic carbocycles. The van der Waals surface area contributed by atoms with Gasteiger partial charge in [0, 0.05) is 45.4 Å². The summed E-state index contributed by atoms with van der Waals surface area (Å²) in [7, 11) is 1.70. The van der Waals surface area contributed by atoms with Gasteiger partial charge < -0.3 is 29.2 Å². The maximum Gasteiger partial charge on any atom is 0.253 e. The van der Waals surface area contributed by atoms with Gasteiger partial charge in [-0.1, -0.05) is 36.4 Å². The number of rotatable bonds is 12. The number of nitrogens with one attached hydrogen (secondary N) is 1. The van der Waals surface area contributed by atoms with Crippen molar-refractivity contribution in [3.05, 3.63) is 66.4 Å². The number of aliphatic imine (C=N–C) groups is 1. The van der Waals surface area contributed by atoms with Crippen molar-refractivity contribution in [3.8, 4) is 5.75 Å². The Morgan fingerprint density at radius 1 is 1.16 bits per heavy atom. The molecular formula is C29H37N3O5. The Morgan fingerprint density at radius 3 is 2.84 bits per heavy atom. The molecular weight excluding hydrogens is 470 g/mol. The maximum atomic E-state index is 13.7. The summed E-state index contributed by atoms with van der Waals surface area (Å²) in [4.78, 5) is 20.5. The summed E-state index contributed by atoms with van der Waals surface area (Å²) in [6.45, 7) is 3.29. The number of hydrogen-bond acceptors (Lipinski definition) is 7. The number of carbonyl (C=O) groups is 1. The van der Waals surface area contributed by atoms with E-state index in [-0.39, 0.29) is 30.1 Å². The second-order valence-electron chi connectivity index (χ2n) is 9.87. The molecule has 37 heavy (non-hydrogen) atoms. The number of fused-ring (bicyclic) bond motifs is 1. The number of allylic oxidation sites excluding steroid dienone is 3. The SMILES string of the molecule is COCCCOC1C=C(CN(C(=O)[C@H]2CNCC(COc3ccccc3)O2)C2CC2)N=C2C=CC=CC21. The highest BCUT2D eigenvalue weighted by atomic mass is 16.5. The predicted molar refractivity (Wildman–Crippen MR) is 142 cm³/mol. The van der Waals surface area contributed by atoms with Gasteiger partial charge in [0.25, 0.3) is 5.91 Å². The van der Waals surface area contributed by atoms with E-state index in [1.165, 1.54) is 0 Å². The van der Waals surface area contributed by atoms with Crippen molar-refractivity contribution in [2.45, 2.75) is 43.6 Å². The van der Waals surface area contributed by atoms with Crippen LogP contribution in [0.3, 0.4) is 0 Å². The van der Waals surface area contributed by atoms with Gasteiger partial charge in [-0.25, -0.2) is 0 Å². The van der Waals surface area contributed by atoms with E-state index in [9.17, 15) is 4.79 Å². The maximum absolute atomic E-state index is 13.7. The molecule has 3 unspecified atom stereocenters. The van der Waals surface area contributed by atoms with Crippen molar-refractivity contribution in [3.63, 3.8) is 0 Å². The van der Waals surface area contributed by atoms with Crippen LogP contribution in [-0.2, 0) is 19.0 Å². The number of methoxy groups -OCH3 is 1. The summed E-state index contributed by atoms with van der Waals surface area (Å²) in [5.41, 5.74) is 1.85. The van der Waals surface area contributed by atoms with E-state index in [1.807, 2.05) is 53.5 Å². The average Bonchev–Trinajstić information content (AvgIpc) is 3.79. The monoisotopic (exact) mass is 507 g/mol. The molecule has 8 nitrogen and oxygen atoms in total. The number of morpholine rings is 1. The number of ether oxygens (including phenoxy) is 4. The first-order valence-electron chi connectivity index (χ1n) is 13.3. The Kier molecular flexibility index (Phi) is 8.84. The molecule has 0 spiro atoms. The Morgan fingerprint density at radius 2 is 2.03 bits per heavy atom. The summed E-state index contributed by atoms with van der Waals surface area (Å²) in [5.74, 6) is 0.906. The fraction of sp³-hybridized carbons (Fsp3) is 0.517. The molecule has 2 fully saturated rings. The van der Waals surface area contributed by atoms with Crippen LogP contribution in [0.25, 0.3) is 0 Å². The van der Waals surface area contributed by atoms with Crippen LogP contribution in [0.4, 0.5) is 0 Å². The smallest absolute Gasteiger partial charge is 0.253 e. The van der Waals surface area contributed by atoms with E-state index < -0.39 is 6.10 Å². The number of nitrogens with zero attached hydrogens (tertiary/aromatic N) is 2. The van der Waals surface area contributed by atoms with E-state index in [0.717, 1.165) is 36.4 Å². The van der Waals surface area contributed by atoms with Gasteiger partial charge in [0.15, 0.2) is 0 Å². The lowest BCUT2D eigenvalue weighted by atomic mass is 9.89. The normalized spacial score (nSPS) is 26.7. The van der Waals surface area contributed by atoms with Crippen LogP contribution in [-0.4, -0.2) is 87.4 Å². The third-order valence-corrected chi connectivity index (χ3v) is 6.94. The highest BCUT2D eigenvalue weighted by Gasteiger charge is 2.39. The van der Waals surface area contributed by atoms with Crippen LogP contribution in [0.15, 0.2) is 71.4 Å². The molecule has 1 amide bonds. The predicted octanol–water partition coefficient (Wildman–Crippen LogP) is 2.92. The van der Waals surface area contributed by atoms with Gasteiger partial charge in [-0.05, 0) is 43.5 Å². The molecule has 5 rings (SSSR count). The van der Waals surface area contributed by atoms with Gasteiger partial charge in [0.2, 0.25) is 0 Å². The highest BCUT2D eigenvalue weighted by Crippen LogP contribution is 2.31. The average molecular weight is 508 g/mol. The number of hydrogen-bond donors (Lipinski definition) is 1. The summed E-state index contributed by atoms with van der Waals surface area (Å²) in [6.07, 6.45) is 12.3. The van der Waals surface area contributed by atoms with Crippen molar-refractivity contribution in [2.24, 2.45) is 10.9 Å². The van der Waals surface area contributed by atoms with Gasteiger partial charge in [0.1, 0.15) is 24.6 Å². The van der Waals surface area contributed by atoms with Crippen molar-refractivity contribution in [1.82, 2.24) is 10.2 Å². The summed E-state index contributed by atoms with van der Waals surface area (Å²) < 4.78 is 23.5. The third kappa shape index (κ3) is 6.96. The van der Waals surface area contributed by atoms with Gasteiger partial charge in [-0.2, -0.15) is 0 Å². The first-order valence-corrected chi connectivity index (χ1v) is 13.3. The second kappa shape index (κ2) is 12.6. The lowest BCUT2D eigenvalue weighted by Gasteiger charge is -2.35. The molecule has 4 aliphatic rings. The lowest BCUT2D eigenvalue weighted by Crippen LogP contribution is -2.54. The summed E-state index contributed by atoms with van der Waals surface area (Å²) in [6, 6.07) is 9.91. The van der Waals surface area contributed by atoms with E-state index in [4.69, 9.17) is 23.9 Å². The van der Waals surface area contributed by atoms with Gasteiger partial charge in [-0.3, -0.25) is 9.79 Å². The molecule has 1 saturated heterocycles. The molecule has 2 aliphatic heterocycles. The van der Waals surface area contributed by atoms with Crippen LogP contribution in [0.5, 0.6) is 5.75 Å². The number of para-hydroxylation sites is 1. The van der Waals surface area contributed by atoms with E-state index in [2.05, 4.69) is 17.5 Å².